The molecule has 0 aliphatic carbocycles. The molecule has 0 radical (unpaired) electrons. The maximum Gasteiger partial charge on any atom is 0.232 e. The zero-order valence-corrected chi connectivity index (χ0v) is 14.4. The number of aliphatic hydroxyl groups is 1. The van der Waals surface area contributed by atoms with E-state index in [4.69, 9.17) is 0 Å². The standard InChI is InChI=1S/C20H22F2N2O2/c21-16-6-7-18(17(22)12-16)23-19(26)20(9-11-25)8-10-24(14-20)13-15-4-2-1-3-5-15/h1-7,12,25H,8-11,13-14H2,(H,23,26)/t20-/m1/s1. The summed E-state index contributed by atoms with van der Waals surface area (Å²) >= 11 is 0. The third-order valence-corrected chi connectivity index (χ3v) is 4.93. The Balaban J connectivity index is 1.72. The number of amides is 1. The number of hydrogen-bond donors (Lipinski definition) is 2. The Morgan fingerprint density at radius 2 is 1.96 bits per heavy atom. The van der Waals surface area contributed by atoms with Crippen LogP contribution < -0.4 is 5.32 Å². The number of likely N-dealkylation sites (tertiary alicyclic amines) is 1. The number of hydrogen-bond acceptors (Lipinski definition) is 3. The van der Waals surface area contributed by atoms with Crippen molar-refractivity contribution < 1.29 is 18.7 Å². The van der Waals surface area contributed by atoms with E-state index < -0.39 is 17.0 Å². The summed E-state index contributed by atoms with van der Waals surface area (Å²) in [6, 6.07) is 13.0. The first kappa shape index (κ1) is 18.5. The molecule has 1 heterocycles. The zero-order valence-electron chi connectivity index (χ0n) is 14.4. The van der Waals surface area contributed by atoms with E-state index in [1.165, 1.54) is 6.07 Å². The number of carbonyl (C=O) groups excluding carboxylic acids is 1. The van der Waals surface area contributed by atoms with Crippen LogP contribution in [0.2, 0.25) is 0 Å². The average Bonchev–Trinajstić information content (AvgIpc) is 3.02. The van der Waals surface area contributed by atoms with Crippen molar-refractivity contribution in [3.63, 3.8) is 0 Å². The number of aliphatic hydroxyl groups excluding tert-OH is 1. The Labute approximate surface area is 151 Å². The Kier molecular flexibility index (Phi) is 5.64. The molecule has 0 spiro atoms. The minimum absolute atomic E-state index is 0.0461. The lowest BCUT2D eigenvalue weighted by Crippen LogP contribution is -2.40. The summed E-state index contributed by atoms with van der Waals surface area (Å²) in [5.41, 5.74) is 0.317. The molecule has 2 aromatic rings. The number of carbonyl (C=O) groups is 1. The van der Waals surface area contributed by atoms with Crippen molar-refractivity contribution in [2.75, 3.05) is 25.0 Å². The van der Waals surface area contributed by atoms with Gasteiger partial charge in [-0.3, -0.25) is 9.69 Å². The van der Waals surface area contributed by atoms with Crippen LogP contribution in [0, 0.1) is 17.0 Å². The van der Waals surface area contributed by atoms with Gasteiger partial charge in [0.2, 0.25) is 5.91 Å². The molecule has 1 aliphatic rings. The first-order valence-electron chi connectivity index (χ1n) is 8.66. The molecule has 0 saturated carbocycles. The second-order valence-electron chi connectivity index (χ2n) is 6.78. The van der Waals surface area contributed by atoms with Crippen LogP contribution >= 0.6 is 0 Å². The summed E-state index contributed by atoms with van der Waals surface area (Å²) < 4.78 is 26.9. The van der Waals surface area contributed by atoms with E-state index in [-0.39, 0.29) is 18.2 Å². The summed E-state index contributed by atoms with van der Waals surface area (Å²) in [6.45, 7) is 1.79. The second-order valence-corrected chi connectivity index (χ2v) is 6.78. The highest BCUT2D eigenvalue weighted by atomic mass is 19.1. The monoisotopic (exact) mass is 360 g/mol. The van der Waals surface area contributed by atoms with Gasteiger partial charge in [0.1, 0.15) is 11.6 Å². The molecule has 1 atom stereocenters. The van der Waals surface area contributed by atoms with Crippen LogP contribution in [0.15, 0.2) is 48.5 Å². The molecule has 2 N–H and O–H groups in total. The molecule has 0 aromatic heterocycles. The molecule has 1 aliphatic heterocycles. The normalized spacial score (nSPS) is 20.3. The first-order valence-corrected chi connectivity index (χ1v) is 8.66. The van der Waals surface area contributed by atoms with Crippen molar-refractivity contribution >= 4 is 11.6 Å². The molecule has 138 valence electrons. The van der Waals surface area contributed by atoms with E-state index in [1.807, 2.05) is 30.3 Å². The van der Waals surface area contributed by atoms with Gasteiger partial charge in [0.25, 0.3) is 0 Å². The lowest BCUT2D eigenvalue weighted by Gasteiger charge is -2.28. The van der Waals surface area contributed by atoms with Gasteiger partial charge in [0.15, 0.2) is 0 Å². The van der Waals surface area contributed by atoms with Crippen LogP contribution in [0.25, 0.3) is 0 Å². The number of nitrogens with one attached hydrogen (secondary N) is 1. The second kappa shape index (κ2) is 7.93. The Morgan fingerprint density at radius 3 is 2.65 bits per heavy atom. The van der Waals surface area contributed by atoms with Gasteiger partial charge in [-0.2, -0.15) is 0 Å². The predicted octanol–water partition coefficient (Wildman–Crippen LogP) is 3.18. The van der Waals surface area contributed by atoms with Crippen LogP contribution in [-0.2, 0) is 11.3 Å². The van der Waals surface area contributed by atoms with Crippen molar-refractivity contribution in [2.24, 2.45) is 5.41 Å². The molecule has 1 amide bonds. The van der Waals surface area contributed by atoms with Gasteiger partial charge in [-0.05, 0) is 37.1 Å². The van der Waals surface area contributed by atoms with E-state index in [9.17, 15) is 18.7 Å². The average molecular weight is 360 g/mol. The van der Waals surface area contributed by atoms with Crippen LogP contribution in [0.4, 0.5) is 14.5 Å². The molecule has 0 bridgehead atoms. The van der Waals surface area contributed by atoms with Crippen molar-refractivity contribution in [1.29, 1.82) is 0 Å². The summed E-state index contributed by atoms with van der Waals surface area (Å²) in [6.07, 6.45) is 0.877. The molecule has 26 heavy (non-hydrogen) atoms. The van der Waals surface area contributed by atoms with Crippen LogP contribution in [0.1, 0.15) is 18.4 Å². The molecule has 1 saturated heterocycles. The lowest BCUT2D eigenvalue weighted by atomic mass is 9.82. The highest BCUT2D eigenvalue weighted by Crippen LogP contribution is 2.36. The fourth-order valence-corrected chi connectivity index (χ4v) is 3.50. The summed E-state index contributed by atoms with van der Waals surface area (Å²) in [5, 5.41) is 12.0. The number of halogens is 2. The van der Waals surface area contributed by atoms with Crippen LogP contribution in [0.5, 0.6) is 0 Å². The number of nitrogens with zero attached hydrogens (tertiary/aromatic N) is 1. The molecule has 2 aromatic carbocycles. The third kappa shape index (κ3) is 4.08. The highest BCUT2D eigenvalue weighted by Gasteiger charge is 2.44. The van der Waals surface area contributed by atoms with E-state index in [0.29, 0.717) is 32.5 Å². The predicted molar refractivity (Wildman–Crippen MR) is 95.5 cm³/mol. The van der Waals surface area contributed by atoms with Crippen LogP contribution in [-0.4, -0.2) is 35.6 Å². The number of anilines is 1. The molecular weight excluding hydrogens is 338 g/mol. The Morgan fingerprint density at radius 1 is 1.19 bits per heavy atom. The molecule has 0 unspecified atom stereocenters. The van der Waals surface area contributed by atoms with Crippen molar-refractivity contribution in [3.8, 4) is 0 Å². The molecular formula is C20H22F2N2O2. The van der Waals surface area contributed by atoms with Gasteiger partial charge < -0.3 is 10.4 Å². The van der Waals surface area contributed by atoms with Gasteiger partial charge in [-0.1, -0.05) is 30.3 Å². The van der Waals surface area contributed by atoms with E-state index in [1.54, 1.807) is 0 Å². The molecule has 4 nitrogen and oxygen atoms in total. The summed E-state index contributed by atoms with van der Waals surface area (Å²) in [4.78, 5) is 15.0. The van der Waals surface area contributed by atoms with Gasteiger partial charge in [-0.25, -0.2) is 8.78 Å². The quantitative estimate of drug-likeness (QED) is 0.832. The van der Waals surface area contributed by atoms with E-state index in [0.717, 1.165) is 17.7 Å². The first-order chi connectivity index (χ1) is 12.5. The number of rotatable bonds is 6. The maximum atomic E-state index is 13.9. The largest absolute Gasteiger partial charge is 0.396 e. The van der Waals surface area contributed by atoms with Gasteiger partial charge in [0, 0.05) is 25.8 Å². The van der Waals surface area contributed by atoms with Crippen molar-refractivity contribution in [3.05, 3.63) is 65.7 Å². The van der Waals surface area contributed by atoms with Gasteiger partial charge >= 0.3 is 0 Å². The molecule has 6 heteroatoms. The summed E-state index contributed by atoms with van der Waals surface area (Å²) in [5.74, 6) is -1.84. The Bertz CT molecular complexity index is 770. The molecule has 1 fully saturated rings. The SMILES string of the molecule is O=C(Nc1ccc(F)cc1F)[C@@]1(CCO)CCN(Cc2ccccc2)C1. The minimum atomic E-state index is -0.809. The molecule has 3 rings (SSSR count). The maximum absolute atomic E-state index is 13.9. The van der Waals surface area contributed by atoms with Crippen molar-refractivity contribution in [2.45, 2.75) is 19.4 Å². The van der Waals surface area contributed by atoms with E-state index in [2.05, 4.69) is 10.2 Å². The fraction of sp³-hybridized carbons (Fsp3) is 0.350. The topological polar surface area (TPSA) is 52.6 Å². The third-order valence-electron chi connectivity index (χ3n) is 4.93. The van der Waals surface area contributed by atoms with Crippen LogP contribution in [0.3, 0.4) is 0 Å². The van der Waals surface area contributed by atoms with Crippen molar-refractivity contribution in [1.82, 2.24) is 4.90 Å². The lowest BCUT2D eigenvalue weighted by molar-refractivity contribution is -0.126. The van der Waals surface area contributed by atoms with Gasteiger partial charge in [0.05, 0.1) is 11.1 Å². The minimum Gasteiger partial charge on any atom is -0.396 e. The highest BCUT2D eigenvalue weighted by molar-refractivity contribution is 5.95. The Hall–Kier alpha value is -2.31. The zero-order chi connectivity index (χ0) is 18.6. The summed E-state index contributed by atoms with van der Waals surface area (Å²) in [7, 11) is 0. The number of benzene rings is 2. The smallest absolute Gasteiger partial charge is 0.232 e. The fourth-order valence-electron chi connectivity index (χ4n) is 3.50. The van der Waals surface area contributed by atoms with E-state index >= 15 is 0 Å². The van der Waals surface area contributed by atoms with Gasteiger partial charge in [-0.15, -0.1) is 0 Å².